The number of aromatic nitrogens is 2. The number of ether oxygens (including phenoxy) is 1. The number of hydrogen-bond acceptors (Lipinski definition) is 6. The van der Waals surface area contributed by atoms with Crippen LogP contribution in [0.3, 0.4) is 0 Å². The minimum Gasteiger partial charge on any atom is -0.468 e. The number of nitrogens with two attached hydrogens (primary N) is 1. The number of hydrogen-bond donors (Lipinski definition) is 2. The average Bonchev–Trinajstić information content (AvgIpc) is 2.53. The monoisotopic (exact) mass is 346 g/mol. The molecule has 24 heavy (non-hydrogen) atoms. The zero-order valence-corrected chi connectivity index (χ0v) is 13.1. The SMILES string of the molecule is COC(=O)C1(C(C)c2ccc(N)nn2)C[C@@H](C(F)(F)F)CNC1=O. The van der Waals surface area contributed by atoms with Gasteiger partial charge in [0.1, 0.15) is 5.82 Å². The summed E-state index contributed by atoms with van der Waals surface area (Å²) in [6, 6.07) is 2.81. The second-order valence-corrected chi connectivity index (χ2v) is 5.72. The van der Waals surface area contributed by atoms with Gasteiger partial charge >= 0.3 is 12.1 Å². The van der Waals surface area contributed by atoms with Gasteiger partial charge in [0.15, 0.2) is 5.41 Å². The molecular weight excluding hydrogens is 329 g/mol. The molecule has 1 aliphatic heterocycles. The minimum atomic E-state index is -4.56. The van der Waals surface area contributed by atoms with Gasteiger partial charge in [0.25, 0.3) is 0 Å². The maximum absolute atomic E-state index is 13.1. The fourth-order valence-electron chi connectivity index (χ4n) is 2.90. The smallest absolute Gasteiger partial charge is 0.393 e. The van der Waals surface area contributed by atoms with E-state index in [0.717, 1.165) is 7.11 Å². The molecule has 3 atom stereocenters. The van der Waals surface area contributed by atoms with Crippen molar-refractivity contribution in [2.45, 2.75) is 25.4 Å². The molecule has 1 aromatic rings. The third-order valence-corrected chi connectivity index (χ3v) is 4.38. The molecule has 0 spiro atoms. The highest BCUT2D eigenvalue weighted by Gasteiger charge is 2.59. The van der Waals surface area contributed by atoms with E-state index in [2.05, 4.69) is 20.3 Å². The molecular formula is C14H17F3N4O3. The molecule has 3 N–H and O–H groups in total. The van der Waals surface area contributed by atoms with Crippen LogP contribution in [0.25, 0.3) is 0 Å². The molecule has 1 aromatic heterocycles. The summed E-state index contributed by atoms with van der Waals surface area (Å²) < 4.78 is 44.1. The second-order valence-electron chi connectivity index (χ2n) is 5.72. The molecule has 0 aliphatic carbocycles. The van der Waals surface area contributed by atoms with E-state index in [4.69, 9.17) is 5.73 Å². The summed E-state index contributed by atoms with van der Waals surface area (Å²) in [4.78, 5) is 24.7. The fourth-order valence-corrected chi connectivity index (χ4v) is 2.90. The predicted octanol–water partition coefficient (Wildman–Crippen LogP) is 1.02. The van der Waals surface area contributed by atoms with Crippen LogP contribution < -0.4 is 11.1 Å². The number of carbonyl (C=O) groups is 2. The van der Waals surface area contributed by atoms with Crippen LogP contribution in [-0.2, 0) is 14.3 Å². The van der Waals surface area contributed by atoms with Crippen molar-refractivity contribution in [2.75, 3.05) is 19.4 Å². The third kappa shape index (κ3) is 3.00. The molecule has 7 nitrogen and oxygen atoms in total. The normalized spacial score (nSPS) is 25.7. The van der Waals surface area contributed by atoms with E-state index in [1.807, 2.05) is 0 Å². The van der Waals surface area contributed by atoms with E-state index < -0.39 is 48.3 Å². The molecule has 0 radical (unpaired) electrons. The maximum atomic E-state index is 13.1. The Balaban J connectivity index is 2.50. The first-order chi connectivity index (χ1) is 11.1. The van der Waals surface area contributed by atoms with Gasteiger partial charge in [0.2, 0.25) is 5.91 Å². The van der Waals surface area contributed by atoms with Crippen molar-refractivity contribution < 1.29 is 27.5 Å². The van der Waals surface area contributed by atoms with Crippen molar-refractivity contribution in [3.8, 4) is 0 Å². The molecule has 132 valence electrons. The van der Waals surface area contributed by atoms with Gasteiger partial charge < -0.3 is 15.8 Å². The lowest BCUT2D eigenvalue weighted by atomic mass is 9.66. The van der Waals surface area contributed by atoms with Crippen molar-refractivity contribution in [3.05, 3.63) is 17.8 Å². The molecule has 2 heterocycles. The Morgan fingerprint density at radius 2 is 2.12 bits per heavy atom. The summed E-state index contributed by atoms with van der Waals surface area (Å²) in [7, 11) is 1.02. The number of nitrogens with one attached hydrogen (secondary N) is 1. The lowest BCUT2D eigenvalue weighted by Gasteiger charge is -2.41. The van der Waals surface area contributed by atoms with E-state index in [1.165, 1.54) is 19.1 Å². The minimum absolute atomic E-state index is 0.110. The summed E-state index contributed by atoms with van der Waals surface area (Å²) in [6.45, 7) is 0.858. The Bertz CT molecular complexity index is 625. The van der Waals surface area contributed by atoms with Crippen molar-refractivity contribution >= 4 is 17.7 Å². The third-order valence-electron chi connectivity index (χ3n) is 4.38. The van der Waals surface area contributed by atoms with Crippen LogP contribution in [0.5, 0.6) is 0 Å². The Kier molecular flexibility index (Phi) is 4.68. The predicted molar refractivity (Wildman–Crippen MR) is 76.5 cm³/mol. The van der Waals surface area contributed by atoms with Crippen LogP contribution in [0.1, 0.15) is 25.0 Å². The zero-order valence-electron chi connectivity index (χ0n) is 13.1. The van der Waals surface area contributed by atoms with Gasteiger partial charge in [0, 0.05) is 12.5 Å². The van der Waals surface area contributed by atoms with Gasteiger partial charge in [-0.05, 0) is 18.6 Å². The number of piperidine rings is 1. The van der Waals surface area contributed by atoms with E-state index in [9.17, 15) is 22.8 Å². The van der Waals surface area contributed by atoms with Crippen LogP contribution in [0.15, 0.2) is 12.1 Å². The number of alkyl halides is 3. The lowest BCUT2D eigenvalue weighted by molar-refractivity contribution is -0.196. The number of nitrogen functional groups attached to an aromatic ring is 1. The van der Waals surface area contributed by atoms with Crippen LogP contribution >= 0.6 is 0 Å². The number of nitrogens with zero attached hydrogens (tertiary/aromatic N) is 2. The Morgan fingerprint density at radius 3 is 2.62 bits per heavy atom. The van der Waals surface area contributed by atoms with Crippen LogP contribution in [0, 0.1) is 11.3 Å². The highest BCUT2D eigenvalue weighted by molar-refractivity contribution is 6.04. The Labute approximate surface area is 135 Å². The fraction of sp³-hybridized carbons (Fsp3) is 0.571. The van der Waals surface area contributed by atoms with Crippen molar-refractivity contribution in [1.82, 2.24) is 15.5 Å². The molecule has 1 fully saturated rings. The van der Waals surface area contributed by atoms with Crippen LogP contribution in [0.4, 0.5) is 19.0 Å². The quantitative estimate of drug-likeness (QED) is 0.625. The molecule has 2 rings (SSSR count). The number of methoxy groups -OCH3 is 1. The summed E-state index contributed by atoms with van der Waals surface area (Å²) >= 11 is 0. The van der Waals surface area contributed by atoms with Gasteiger partial charge in [-0.3, -0.25) is 9.59 Å². The highest BCUT2D eigenvalue weighted by atomic mass is 19.4. The number of esters is 1. The zero-order chi connectivity index (χ0) is 18.1. The van der Waals surface area contributed by atoms with E-state index in [0.29, 0.717) is 0 Å². The number of rotatable bonds is 3. The summed E-state index contributed by atoms with van der Waals surface area (Å²) in [5.41, 5.74) is 3.57. The van der Waals surface area contributed by atoms with Gasteiger partial charge in [-0.15, -0.1) is 5.10 Å². The molecule has 0 saturated carbocycles. The van der Waals surface area contributed by atoms with Crippen LogP contribution in [0.2, 0.25) is 0 Å². The number of carbonyl (C=O) groups excluding carboxylic acids is 2. The second kappa shape index (κ2) is 6.25. The lowest BCUT2D eigenvalue weighted by Crippen LogP contribution is -2.58. The number of halogens is 3. The largest absolute Gasteiger partial charge is 0.468 e. The summed E-state index contributed by atoms with van der Waals surface area (Å²) in [5, 5.41) is 9.59. The summed E-state index contributed by atoms with van der Waals surface area (Å²) in [5.74, 6) is -4.60. The van der Waals surface area contributed by atoms with Gasteiger partial charge in [-0.1, -0.05) is 6.92 Å². The first kappa shape index (κ1) is 18.0. The van der Waals surface area contributed by atoms with E-state index >= 15 is 0 Å². The Hall–Kier alpha value is -2.39. The van der Waals surface area contributed by atoms with Crippen molar-refractivity contribution in [1.29, 1.82) is 0 Å². The van der Waals surface area contributed by atoms with E-state index in [-0.39, 0.29) is 11.5 Å². The maximum Gasteiger partial charge on any atom is 0.393 e. The molecule has 1 aliphatic rings. The van der Waals surface area contributed by atoms with Crippen molar-refractivity contribution in [2.24, 2.45) is 11.3 Å². The standard InChI is InChI=1S/C14H17F3N4O3/c1-7(9-3-4-10(18)21-20-9)13(12(23)24-2)5-8(14(15,16)17)6-19-11(13)22/h3-4,7-8H,5-6H2,1-2H3,(H2,18,21)(H,19,22)/t7?,8-,13?/m1/s1. The highest BCUT2D eigenvalue weighted by Crippen LogP contribution is 2.47. The molecule has 0 bridgehead atoms. The van der Waals surface area contributed by atoms with E-state index in [1.54, 1.807) is 0 Å². The van der Waals surface area contributed by atoms with Gasteiger partial charge in [-0.25, -0.2) is 0 Å². The van der Waals surface area contributed by atoms with Gasteiger partial charge in [-0.2, -0.15) is 18.3 Å². The van der Waals surface area contributed by atoms with Crippen LogP contribution in [-0.4, -0.2) is 41.9 Å². The topological polar surface area (TPSA) is 107 Å². The van der Waals surface area contributed by atoms with Crippen molar-refractivity contribution in [3.63, 3.8) is 0 Å². The summed E-state index contributed by atoms with van der Waals surface area (Å²) in [6.07, 6.45) is -5.28. The molecule has 1 saturated heterocycles. The number of amides is 1. The molecule has 0 aromatic carbocycles. The Morgan fingerprint density at radius 1 is 1.46 bits per heavy atom. The van der Waals surface area contributed by atoms with Gasteiger partial charge in [0.05, 0.1) is 18.7 Å². The molecule has 2 unspecified atom stereocenters. The first-order valence-electron chi connectivity index (χ1n) is 7.15. The molecule has 10 heteroatoms. The first-order valence-corrected chi connectivity index (χ1v) is 7.15. The molecule has 1 amide bonds. The number of anilines is 1. The average molecular weight is 346 g/mol.